The minimum Gasteiger partial charge on any atom is -0.461 e. The first-order valence-corrected chi connectivity index (χ1v) is 8.61. The van der Waals surface area contributed by atoms with Gasteiger partial charge in [0.2, 0.25) is 0 Å². The third kappa shape index (κ3) is 3.21. The molecule has 27 heavy (non-hydrogen) atoms. The van der Waals surface area contributed by atoms with Crippen molar-refractivity contribution >= 4 is 28.2 Å². The highest BCUT2D eigenvalue weighted by molar-refractivity contribution is 5.98. The fraction of sp³-hybridized carbons (Fsp3) is 0.0909. The topological polar surface area (TPSA) is 69.6 Å². The fourth-order valence-corrected chi connectivity index (χ4v) is 2.97. The van der Waals surface area contributed by atoms with Gasteiger partial charge in [-0.3, -0.25) is 0 Å². The van der Waals surface area contributed by atoms with Gasteiger partial charge in [0.05, 0.1) is 23.2 Å². The van der Waals surface area contributed by atoms with E-state index in [0.29, 0.717) is 23.5 Å². The highest BCUT2D eigenvalue weighted by Gasteiger charge is 2.16. The lowest BCUT2D eigenvalue weighted by Gasteiger charge is -2.08. The summed E-state index contributed by atoms with van der Waals surface area (Å²) in [6.45, 7) is 2.08. The Morgan fingerprint density at radius 3 is 2.67 bits per heavy atom. The number of anilines is 1. The van der Waals surface area contributed by atoms with Crippen LogP contribution in [0.25, 0.3) is 16.6 Å². The molecule has 5 heteroatoms. The number of hydrogen-bond donors (Lipinski definition) is 1. The minimum atomic E-state index is -0.431. The van der Waals surface area contributed by atoms with Gasteiger partial charge in [0.25, 0.3) is 0 Å². The van der Waals surface area contributed by atoms with Crippen molar-refractivity contribution in [2.24, 2.45) is 0 Å². The van der Waals surface area contributed by atoms with Gasteiger partial charge in [0.15, 0.2) is 5.69 Å². The highest BCUT2D eigenvalue weighted by Crippen LogP contribution is 2.21. The molecular weight excluding hydrogens is 338 g/mol. The molecule has 0 saturated heterocycles. The summed E-state index contributed by atoms with van der Waals surface area (Å²) in [6.07, 6.45) is 1.90. The van der Waals surface area contributed by atoms with E-state index in [1.165, 1.54) is 0 Å². The Balaban J connectivity index is 1.82. The Kier molecular flexibility index (Phi) is 4.23. The Morgan fingerprint density at radius 2 is 1.89 bits per heavy atom. The number of nitrogen functional groups attached to an aromatic ring is 1. The maximum absolute atomic E-state index is 12.3. The summed E-state index contributed by atoms with van der Waals surface area (Å²) in [4.78, 5) is 16.8. The first-order valence-electron chi connectivity index (χ1n) is 8.61. The zero-order chi connectivity index (χ0) is 18.8. The molecule has 0 atom stereocenters. The monoisotopic (exact) mass is 355 g/mol. The second kappa shape index (κ2) is 6.85. The Hall–Kier alpha value is -3.78. The first kappa shape index (κ1) is 16.7. The van der Waals surface area contributed by atoms with Gasteiger partial charge in [-0.25, -0.2) is 9.78 Å². The van der Waals surface area contributed by atoms with Gasteiger partial charge in [0.1, 0.15) is 0 Å². The van der Waals surface area contributed by atoms with Crippen molar-refractivity contribution in [1.29, 1.82) is 0 Å². The third-order valence-corrected chi connectivity index (χ3v) is 4.17. The van der Waals surface area contributed by atoms with Crippen LogP contribution in [0.2, 0.25) is 0 Å². The van der Waals surface area contributed by atoms with Gasteiger partial charge in [-0.2, -0.15) is 0 Å². The van der Waals surface area contributed by atoms with Crippen LogP contribution in [0.3, 0.4) is 0 Å². The molecule has 2 N–H and O–H groups in total. The highest BCUT2D eigenvalue weighted by atomic mass is 16.5. The summed E-state index contributed by atoms with van der Waals surface area (Å²) < 4.78 is 7.08. The molecule has 0 amide bonds. The smallest absolute Gasteiger partial charge is 0.359 e. The van der Waals surface area contributed by atoms with Gasteiger partial charge < -0.3 is 14.9 Å². The van der Waals surface area contributed by atoms with E-state index in [-0.39, 0.29) is 0 Å². The molecule has 5 nitrogen and oxygen atoms in total. The van der Waals surface area contributed by atoms with E-state index in [2.05, 4.69) is 16.8 Å². The number of ether oxygens (including phenoxy) is 1. The maximum atomic E-state index is 12.3. The molecule has 0 aliphatic carbocycles. The normalized spacial score (nSPS) is 10.6. The van der Waals surface area contributed by atoms with E-state index in [0.717, 1.165) is 22.2 Å². The fourth-order valence-electron chi connectivity index (χ4n) is 2.97. The summed E-state index contributed by atoms with van der Waals surface area (Å²) >= 11 is 0. The number of benzene rings is 2. The number of hydrogen-bond acceptors (Lipinski definition) is 4. The van der Waals surface area contributed by atoms with Crippen LogP contribution < -0.4 is 5.73 Å². The van der Waals surface area contributed by atoms with Crippen LogP contribution in [-0.2, 0) is 4.74 Å². The standard InChI is InChI=1S/C22H17N3O2/c1-2-27-22(26)21-20-7-4-12-25(20)19-11-10-16(14-18(19)24-21)9-8-15-5-3-6-17(23)13-15/h3-7,10-14H,2,23H2,1H3. The molecule has 4 aromatic rings. The van der Waals surface area contributed by atoms with Crippen molar-refractivity contribution in [2.45, 2.75) is 6.92 Å². The van der Waals surface area contributed by atoms with Crippen LogP contribution in [0.4, 0.5) is 5.69 Å². The summed E-state index contributed by atoms with van der Waals surface area (Å²) in [6, 6.07) is 16.9. The molecule has 2 aromatic carbocycles. The quantitative estimate of drug-likeness (QED) is 0.339. The van der Waals surface area contributed by atoms with Gasteiger partial charge >= 0.3 is 5.97 Å². The average molecular weight is 355 g/mol. The van der Waals surface area contributed by atoms with Crippen molar-refractivity contribution in [3.63, 3.8) is 0 Å². The van der Waals surface area contributed by atoms with Crippen LogP contribution in [0.1, 0.15) is 28.5 Å². The van der Waals surface area contributed by atoms with Gasteiger partial charge in [-0.1, -0.05) is 17.9 Å². The number of rotatable bonds is 2. The van der Waals surface area contributed by atoms with Gasteiger partial charge in [-0.15, -0.1) is 0 Å². The molecule has 0 unspecified atom stereocenters. The van der Waals surface area contributed by atoms with Crippen LogP contribution in [0.5, 0.6) is 0 Å². The second-order valence-electron chi connectivity index (χ2n) is 6.02. The molecule has 0 bridgehead atoms. The van der Waals surface area contributed by atoms with Gasteiger partial charge in [-0.05, 0) is 55.5 Å². The molecule has 2 aromatic heterocycles. The average Bonchev–Trinajstić information content (AvgIpc) is 3.15. The number of nitrogens with two attached hydrogens (primary N) is 1. The van der Waals surface area contributed by atoms with E-state index < -0.39 is 5.97 Å². The Morgan fingerprint density at radius 1 is 1.07 bits per heavy atom. The van der Waals surface area contributed by atoms with Crippen molar-refractivity contribution in [3.05, 3.63) is 77.6 Å². The second-order valence-corrected chi connectivity index (χ2v) is 6.02. The number of esters is 1. The van der Waals surface area contributed by atoms with Crippen molar-refractivity contribution in [2.75, 3.05) is 12.3 Å². The summed E-state index contributed by atoms with van der Waals surface area (Å²) in [5.74, 6) is 5.79. The molecule has 0 aliphatic rings. The summed E-state index contributed by atoms with van der Waals surface area (Å²) in [5.41, 5.74) is 10.7. The van der Waals surface area contributed by atoms with E-state index in [1.54, 1.807) is 6.92 Å². The number of aromatic nitrogens is 2. The zero-order valence-corrected chi connectivity index (χ0v) is 14.8. The lowest BCUT2D eigenvalue weighted by molar-refractivity contribution is 0.0522. The first-order chi connectivity index (χ1) is 13.2. The zero-order valence-electron chi connectivity index (χ0n) is 14.8. The van der Waals surface area contributed by atoms with Crippen LogP contribution >= 0.6 is 0 Å². The molecule has 0 aliphatic heterocycles. The van der Waals surface area contributed by atoms with Crippen molar-refractivity contribution in [3.8, 4) is 11.8 Å². The number of nitrogens with zero attached hydrogens (tertiary/aromatic N) is 2. The molecule has 0 fully saturated rings. The molecule has 132 valence electrons. The summed E-state index contributed by atoms with van der Waals surface area (Å²) in [5, 5.41) is 0. The van der Waals surface area contributed by atoms with Crippen molar-refractivity contribution < 1.29 is 9.53 Å². The summed E-state index contributed by atoms with van der Waals surface area (Å²) in [7, 11) is 0. The largest absolute Gasteiger partial charge is 0.461 e. The van der Waals surface area contributed by atoms with E-state index in [1.807, 2.05) is 65.2 Å². The lowest BCUT2D eigenvalue weighted by atomic mass is 10.1. The van der Waals surface area contributed by atoms with Crippen molar-refractivity contribution in [1.82, 2.24) is 9.38 Å². The number of carbonyl (C=O) groups excluding carboxylic acids is 1. The molecule has 0 saturated carbocycles. The van der Waals surface area contributed by atoms with Gasteiger partial charge in [0, 0.05) is 23.0 Å². The number of carbonyl (C=O) groups is 1. The predicted molar refractivity (Wildman–Crippen MR) is 105 cm³/mol. The van der Waals surface area contributed by atoms with Crippen LogP contribution in [-0.4, -0.2) is 22.0 Å². The third-order valence-electron chi connectivity index (χ3n) is 4.17. The molecule has 0 spiro atoms. The number of fused-ring (bicyclic) bond motifs is 3. The molecule has 4 rings (SSSR count). The minimum absolute atomic E-state index is 0.301. The Labute approximate surface area is 156 Å². The van der Waals surface area contributed by atoms with Crippen LogP contribution in [0.15, 0.2) is 60.8 Å². The predicted octanol–water partition coefficient (Wildman–Crippen LogP) is 3.65. The molecular formula is C22H17N3O2. The maximum Gasteiger partial charge on any atom is 0.359 e. The SMILES string of the molecule is CCOC(=O)c1nc2cc(C#Cc3cccc(N)c3)ccc2n2cccc12. The lowest BCUT2D eigenvalue weighted by Crippen LogP contribution is -2.09. The molecule has 2 heterocycles. The van der Waals surface area contributed by atoms with E-state index >= 15 is 0 Å². The van der Waals surface area contributed by atoms with Crippen LogP contribution in [0, 0.1) is 11.8 Å². The van der Waals surface area contributed by atoms with E-state index in [9.17, 15) is 4.79 Å². The van der Waals surface area contributed by atoms with E-state index in [4.69, 9.17) is 10.5 Å². The Bertz CT molecular complexity index is 1230. The molecule has 0 radical (unpaired) electrons.